The number of aromatic nitrogens is 2. The molecule has 0 radical (unpaired) electrons. The SMILES string of the molecule is COc1cc(C)ccc1OCc1nnc(-c2ccc(Cl)cc2)o1. The van der Waals surface area contributed by atoms with Gasteiger partial charge in [0.1, 0.15) is 0 Å². The topological polar surface area (TPSA) is 57.4 Å². The van der Waals surface area contributed by atoms with Gasteiger partial charge in [0.2, 0.25) is 5.89 Å². The Kier molecular flexibility index (Phi) is 4.48. The number of nitrogens with zero attached hydrogens (tertiary/aromatic N) is 2. The third-order valence-corrected chi connectivity index (χ3v) is 3.48. The van der Waals surface area contributed by atoms with Gasteiger partial charge in [-0.15, -0.1) is 10.2 Å². The fourth-order valence-corrected chi connectivity index (χ4v) is 2.18. The van der Waals surface area contributed by atoms with Gasteiger partial charge in [-0.25, -0.2) is 0 Å². The lowest BCUT2D eigenvalue weighted by Crippen LogP contribution is -1.98. The number of ether oxygens (including phenoxy) is 2. The molecule has 0 unspecified atom stereocenters. The van der Waals surface area contributed by atoms with E-state index in [1.54, 1.807) is 19.2 Å². The zero-order valence-corrected chi connectivity index (χ0v) is 13.5. The predicted molar refractivity (Wildman–Crippen MR) is 86.8 cm³/mol. The van der Waals surface area contributed by atoms with Gasteiger partial charge >= 0.3 is 0 Å². The molecule has 2 aromatic carbocycles. The lowest BCUT2D eigenvalue weighted by atomic mass is 10.2. The van der Waals surface area contributed by atoms with E-state index < -0.39 is 0 Å². The Balaban J connectivity index is 1.71. The first-order valence-electron chi connectivity index (χ1n) is 7.01. The average molecular weight is 331 g/mol. The van der Waals surface area contributed by atoms with Crippen molar-refractivity contribution in [2.45, 2.75) is 13.5 Å². The maximum absolute atomic E-state index is 5.86. The summed E-state index contributed by atoms with van der Waals surface area (Å²) in [6.07, 6.45) is 0. The number of hydrogen-bond acceptors (Lipinski definition) is 5. The number of rotatable bonds is 5. The Morgan fingerprint density at radius 2 is 1.83 bits per heavy atom. The highest BCUT2D eigenvalue weighted by molar-refractivity contribution is 6.30. The molecule has 0 saturated heterocycles. The fraction of sp³-hybridized carbons (Fsp3) is 0.176. The van der Waals surface area contributed by atoms with Crippen LogP contribution in [0.3, 0.4) is 0 Å². The van der Waals surface area contributed by atoms with Crippen molar-refractivity contribution in [3.05, 3.63) is 58.9 Å². The van der Waals surface area contributed by atoms with Crippen molar-refractivity contribution in [2.75, 3.05) is 7.11 Å². The molecule has 6 heteroatoms. The van der Waals surface area contributed by atoms with Gasteiger partial charge in [0.15, 0.2) is 18.1 Å². The molecule has 5 nitrogen and oxygen atoms in total. The first-order valence-corrected chi connectivity index (χ1v) is 7.39. The molecule has 3 rings (SSSR count). The lowest BCUT2D eigenvalue weighted by Gasteiger charge is -2.09. The van der Waals surface area contributed by atoms with E-state index in [1.807, 2.05) is 37.3 Å². The number of aryl methyl sites for hydroxylation is 1. The van der Waals surface area contributed by atoms with Gasteiger partial charge in [0.25, 0.3) is 5.89 Å². The first kappa shape index (κ1) is 15.4. The zero-order valence-electron chi connectivity index (χ0n) is 12.7. The molecule has 0 aliphatic carbocycles. The maximum Gasteiger partial charge on any atom is 0.254 e. The molecule has 0 amide bonds. The second kappa shape index (κ2) is 6.71. The van der Waals surface area contributed by atoms with Crippen LogP contribution in [0.2, 0.25) is 5.02 Å². The fourth-order valence-electron chi connectivity index (χ4n) is 2.05. The maximum atomic E-state index is 5.86. The van der Waals surface area contributed by atoms with Crippen LogP contribution in [-0.2, 0) is 6.61 Å². The molecule has 23 heavy (non-hydrogen) atoms. The molecule has 0 spiro atoms. The van der Waals surface area contributed by atoms with E-state index in [0.717, 1.165) is 11.1 Å². The molecule has 0 fully saturated rings. The third kappa shape index (κ3) is 3.63. The minimum absolute atomic E-state index is 0.167. The predicted octanol–water partition coefficient (Wildman–Crippen LogP) is 4.29. The number of halogens is 1. The van der Waals surface area contributed by atoms with Crippen molar-refractivity contribution < 1.29 is 13.9 Å². The van der Waals surface area contributed by atoms with Crippen LogP contribution in [0.5, 0.6) is 11.5 Å². The molecule has 1 heterocycles. The average Bonchev–Trinajstić information content (AvgIpc) is 3.03. The van der Waals surface area contributed by atoms with E-state index in [4.69, 9.17) is 25.5 Å². The van der Waals surface area contributed by atoms with Gasteiger partial charge in [0.05, 0.1) is 7.11 Å². The van der Waals surface area contributed by atoms with Gasteiger partial charge in [0, 0.05) is 10.6 Å². The van der Waals surface area contributed by atoms with Gasteiger partial charge in [-0.1, -0.05) is 17.7 Å². The smallest absolute Gasteiger partial charge is 0.254 e. The van der Waals surface area contributed by atoms with Crippen LogP contribution >= 0.6 is 11.6 Å². The van der Waals surface area contributed by atoms with Gasteiger partial charge in [-0.05, 0) is 48.9 Å². The molecule has 1 aromatic heterocycles. The highest BCUT2D eigenvalue weighted by atomic mass is 35.5. The monoisotopic (exact) mass is 330 g/mol. The molecule has 0 aliphatic rings. The van der Waals surface area contributed by atoms with E-state index >= 15 is 0 Å². The van der Waals surface area contributed by atoms with Crippen LogP contribution in [0.25, 0.3) is 11.5 Å². The van der Waals surface area contributed by atoms with Crippen molar-refractivity contribution >= 4 is 11.6 Å². The second-order valence-electron chi connectivity index (χ2n) is 4.95. The summed E-state index contributed by atoms with van der Waals surface area (Å²) in [4.78, 5) is 0. The highest BCUT2D eigenvalue weighted by Gasteiger charge is 2.11. The summed E-state index contributed by atoms with van der Waals surface area (Å²) in [5.74, 6) is 2.11. The molecule has 0 N–H and O–H groups in total. The first-order chi connectivity index (χ1) is 11.2. The van der Waals surface area contributed by atoms with Gasteiger partial charge in [-0.2, -0.15) is 0 Å². The van der Waals surface area contributed by atoms with E-state index in [9.17, 15) is 0 Å². The summed E-state index contributed by atoms with van der Waals surface area (Å²) in [7, 11) is 1.60. The molecule has 0 bridgehead atoms. The van der Waals surface area contributed by atoms with E-state index in [-0.39, 0.29) is 6.61 Å². The number of benzene rings is 2. The van der Waals surface area contributed by atoms with E-state index in [0.29, 0.717) is 28.3 Å². The van der Waals surface area contributed by atoms with Gasteiger partial charge < -0.3 is 13.9 Å². The highest BCUT2D eigenvalue weighted by Crippen LogP contribution is 2.28. The Morgan fingerprint density at radius 1 is 1.04 bits per heavy atom. The van der Waals surface area contributed by atoms with Crippen molar-refractivity contribution in [1.29, 1.82) is 0 Å². The van der Waals surface area contributed by atoms with Gasteiger partial charge in [-0.3, -0.25) is 0 Å². The summed E-state index contributed by atoms with van der Waals surface area (Å²) in [6.45, 7) is 2.16. The molecule has 3 aromatic rings. The minimum atomic E-state index is 0.167. The van der Waals surface area contributed by atoms with Crippen LogP contribution in [0.1, 0.15) is 11.5 Å². The molecular weight excluding hydrogens is 316 g/mol. The minimum Gasteiger partial charge on any atom is -0.493 e. The standard InChI is InChI=1S/C17H15ClN2O3/c1-11-3-8-14(15(9-11)21-2)22-10-16-19-20-17(23-16)12-4-6-13(18)7-5-12/h3-9H,10H2,1-2H3. The second-order valence-corrected chi connectivity index (χ2v) is 5.39. The van der Waals surface area contributed by atoms with Crippen LogP contribution < -0.4 is 9.47 Å². The summed E-state index contributed by atoms with van der Waals surface area (Å²) >= 11 is 5.86. The molecule has 118 valence electrons. The quantitative estimate of drug-likeness (QED) is 0.698. The Hall–Kier alpha value is -2.53. The third-order valence-electron chi connectivity index (χ3n) is 3.23. The Morgan fingerprint density at radius 3 is 2.57 bits per heavy atom. The number of hydrogen-bond donors (Lipinski definition) is 0. The summed E-state index contributed by atoms with van der Waals surface area (Å²) < 4.78 is 16.6. The number of methoxy groups -OCH3 is 1. The van der Waals surface area contributed by atoms with Crippen molar-refractivity contribution in [2.24, 2.45) is 0 Å². The summed E-state index contributed by atoms with van der Waals surface area (Å²) in [5, 5.41) is 8.66. The molecular formula is C17H15ClN2O3. The van der Waals surface area contributed by atoms with Crippen molar-refractivity contribution in [3.8, 4) is 23.0 Å². The van der Waals surface area contributed by atoms with Crippen molar-refractivity contribution in [1.82, 2.24) is 10.2 Å². The summed E-state index contributed by atoms with van der Waals surface area (Å²) in [6, 6.07) is 12.9. The van der Waals surface area contributed by atoms with E-state index in [1.165, 1.54) is 0 Å². The van der Waals surface area contributed by atoms with Crippen LogP contribution in [0.15, 0.2) is 46.9 Å². The van der Waals surface area contributed by atoms with Crippen LogP contribution in [0, 0.1) is 6.92 Å². The lowest BCUT2D eigenvalue weighted by molar-refractivity contribution is 0.251. The Bertz CT molecular complexity index is 800. The summed E-state index contributed by atoms with van der Waals surface area (Å²) in [5.41, 5.74) is 1.90. The zero-order chi connectivity index (χ0) is 16.2. The Labute approximate surface area is 138 Å². The van der Waals surface area contributed by atoms with E-state index in [2.05, 4.69) is 10.2 Å². The largest absolute Gasteiger partial charge is 0.493 e. The molecule has 0 saturated carbocycles. The molecule has 0 atom stereocenters. The normalized spacial score (nSPS) is 10.6. The van der Waals surface area contributed by atoms with Crippen LogP contribution in [-0.4, -0.2) is 17.3 Å². The molecule has 0 aliphatic heterocycles. The van der Waals surface area contributed by atoms with Crippen LogP contribution in [0.4, 0.5) is 0 Å². The van der Waals surface area contributed by atoms with Crippen molar-refractivity contribution in [3.63, 3.8) is 0 Å².